The van der Waals surface area contributed by atoms with Gasteiger partial charge in [0.15, 0.2) is 0 Å². The Hall–Kier alpha value is -2.49. The quantitative estimate of drug-likeness (QED) is 0.347. The summed E-state index contributed by atoms with van der Waals surface area (Å²) in [6, 6.07) is -1.77. The lowest BCUT2D eigenvalue weighted by molar-refractivity contribution is -0.175. The standard InChI is InChI=1S/C24H40F3N5O4S/c1-22(2,3)17(31-21(36)24(25,26)27)20(35)30-16(13-37(6,7)8)19(34)29-15(12-28)11-14-9-10-23(4,5)32-18(14)33/h14-17H,9-11,13H2,1-8H3,(H,29,34)(H,30,35)(H,31,36)(H,32,33)/t14-,15-,16-,17+/m0/s1. The fourth-order valence-corrected chi connectivity index (χ4v) is 5.15. The van der Waals surface area contributed by atoms with E-state index in [-0.39, 0.29) is 23.6 Å². The largest absolute Gasteiger partial charge is 0.471 e. The minimum Gasteiger partial charge on any atom is -0.351 e. The molecule has 13 heteroatoms. The summed E-state index contributed by atoms with van der Waals surface area (Å²) in [6.07, 6.45) is 1.83. The molecular formula is C24H40F3N5O4S. The Morgan fingerprint density at radius 1 is 1.11 bits per heavy atom. The predicted octanol–water partition coefficient (Wildman–Crippen LogP) is 1.96. The Labute approximate surface area is 218 Å². The van der Waals surface area contributed by atoms with Gasteiger partial charge in [0, 0.05) is 17.2 Å². The Morgan fingerprint density at radius 3 is 2.11 bits per heavy atom. The van der Waals surface area contributed by atoms with E-state index in [9.17, 15) is 37.6 Å². The van der Waals surface area contributed by atoms with Crippen molar-refractivity contribution in [1.29, 1.82) is 5.26 Å². The van der Waals surface area contributed by atoms with Gasteiger partial charge in [-0.2, -0.15) is 18.4 Å². The van der Waals surface area contributed by atoms with Gasteiger partial charge in [0.25, 0.3) is 0 Å². The number of carbonyl (C=O) groups excluding carboxylic acids is 4. The van der Waals surface area contributed by atoms with Crippen LogP contribution in [0.15, 0.2) is 0 Å². The third kappa shape index (κ3) is 10.8. The Kier molecular flexibility index (Phi) is 10.5. The number of halogens is 3. The van der Waals surface area contributed by atoms with E-state index >= 15 is 0 Å². The van der Waals surface area contributed by atoms with Crippen LogP contribution >= 0.6 is 10.0 Å². The highest BCUT2D eigenvalue weighted by Crippen LogP contribution is 2.35. The van der Waals surface area contributed by atoms with E-state index < -0.39 is 63.4 Å². The molecule has 0 bridgehead atoms. The lowest BCUT2D eigenvalue weighted by atomic mass is 9.83. The Bertz CT molecular complexity index is 919. The molecule has 1 fully saturated rings. The molecule has 1 aliphatic heterocycles. The number of alkyl halides is 3. The second kappa shape index (κ2) is 11.9. The Balaban J connectivity index is 3.06. The van der Waals surface area contributed by atoms with E-state index in [1.165, 1.54) is 20.8 Å². The molecule has 4 N–H and O–H groups in total. The molecule has 0 saturated carbocycles. The summed E-state index contributed by atoms with van der Waals surface area (Å²) in [5, 5.41) is 19.3. The third-order valence-corrected chi connectivity index (χ3v) is 7.24. The van der Waals surface area contributed by atoms with Crippen molar-refractivity contribution in [2.75, 3.05) is 24.5 Å². The van der Waals surface area contributed by atoms with Crippen LogP contribution in [0.1, 0.15) is 53.9 Å². The first-order valence-corrected chi connectivity index (χ1v) is 14.9. The lowest BCUT2D eigenvalue weighted by Crippen LogP contribution is -2.60. The first-order chi connectivity index (χ1) is 16.6. The molecule has 0 aromatic carbocycles. The molecule has 0 aromatic rings. The summed E-state index contributed by atoms with van der Waals surface area (Å²) in [5.74, 6) is -4.39. The molecule has 212 valence electrons. The second-order valence-electron chi connectivity index (χ2n) is 12.1. The first-order valence-electron chi connectivity index (χ1n) is 11.9. The van der Waals surface area contributed by atoms with Crippen molar-refractivity contribution in [3.63, 3.8) is 0 Å². The minimum absolute atomic E-state index is 0.0828. The summed E-state index contributed by atoms with van der Waals surface area (Å²) in [4.78, 5) is 50.2. The third-order valence-electron chi connectivity index (χ3n) is 5.90. The van der Waals surface area contributed by atoms with Crippen LogP contribution in [0.4, 0.5) is 13.2 Å². The number of carbonyl (C=O) groups is 4. The number of nitrogens with zero attached hydrogens (tertiary/aromatic N) is 1. The van der Waals surface area contributed by atoms with Gasteiger partial charge >= 0.3 is 12.1 Å². The number of hydrogen-bond donors (Lipinski definition) is 4. The summed E-state index contributed by atoms with van der Waals surface area (Å²) in [6.45, 7) is 8.25. The second-order valence-corrected chi connectivity index (χ2v) is 16.6. The monoisotopic (exact) mass is 551 g/mol. The maximum atomic E-state index is 13.2. The average molecular weight is 552 g/mol. The van der Waals surface area contributed by atoms with Gasteiger partial charge in [0.05, 0.1) is 6.07 Å². The highest BCUT2D eigenvalue weighted by Gasteiger charge is 2.44. The summed E-state index contributed by atoms with van der Waals surface area (Å²) >= 11 is 0. The van der Waals surface area contributed by atoms with Gasteiger partial charge in [-0.1, -0.05) is 20.8 Å². The van der Waals surface area contributed by atoms with Crippen LogP contribution in [0.3, 0.4) is 0 Å². The number of nitrogens with one attached hydrogen (secondary N) is 4. The molecule has 1 saturated heterocycles. The SMILES string of the molecule is CC1(C)CC[C@@H](C[C@@H](C#N)NC(=O)[C@H](CS(C)(C)C)NC(=O)[C@@H](NC(=O)C(F)(F)F)C(C)(C)C)C(=O)N1. The van der Waals surface area contributed by atoms with Crippen molar-refractivity contribution in [2.24, 2.45) is 11.3 Å². The van der Waals surface area contributed by atoms with E-state index in [0.717, 1.165) is 0 Å². The average Bonchev–Trinajstić information content (AvgIpc) is 2.69. The van der Waals surface area contributed by atoms with Gasteiger partial charge in [-0.15, -0.1) is 0 Å². The van der Waals surface area contributed by atoms with Gasteiger partial charge in [-0.3, -0.25) is 19.2 Å². The molecule has 1 aliphatic rings. The van der Waals surface area contributed by atoms with Gasteiger partial charge < -0.3 is 21.3 Å². The van der Waals surface area contributed by atoms with Crippen molar-refractivity contribution in [3.05, 3.63) is 0 Å². The summed E-state index contributed by atoms with van der Waals surface area (Å²) in [5.41, 5.74) is -1.45. The maximum Gasteiger partial charge on any atom is 0.471 e. The van der Waals surface area contributed by atoms with Crippen LogP contribution in [0.5, 0.6) is 0 Å². The molecule has 37 heavy (non-hydrogen) atoms. The van der Waals surface area contributed by atoms with Crippen LogP contribution in [0.2, 0.25) is 0 Å². The molecule has 0 radical (unpaired) electrons. The lowest BCUT2D eigenvalue weighted by Gasteiger charge is -2.36. The smallest absolute Gasteiger partial charge is 0.351 e. The van der Waals surface area contributed by atoms with E-state index in [4.69, 9.17) is 0 Å². The zero-order chi connectivity index (χ0) is 29.0. The van der Waals surface area contributed by atoms with Crippen molar-refractivity contribution in [2.45, 2.75) is 83.7 Å². The number of rotatable bonds is 9. The number of hydrogen-bond acceptors (Lipinski definition) is 5. The summed E-state index contributed by atoms with van der Waals surface area (Å²) < 4.78 is 38.6. The zero-order valence-electron chi connectivity index (χ0n) is 22.8. The minimum atomic E-state index is -5.18. The predicted molar refractivity (Wildman–Crippen MR) is 137 cm³/mol. The van der Waals surface area contributed by atoms with Crippen LogP contribution in [-0.2, 0) is 19.2 Å². The molecule has 1 heterocycles. The highest BCUT2D eigenvalue weighted by molar-refractivity contribution is 8.32. The highest BCUT2D eigenvalue weighted by atomic mass is 32.3. The van der Waals surface area contributed by atoms with Crippen molar-refractivity contribution in [1.82, 2.24) is 21.3 Å². The topological polar surface area (TPSA) is 140 Å². The fraction of sp³-hybridized carbons (Fsp3) is 0.792. The number of amides is 4. The molecular weight excluding hydrogens is 511 g/mol. The first kappa shape index (κ1) is 32.5. The van der Waals surface area contributed by atoms with Crippen LogP contribution in [0.25, 0.3) is 0 Å². The molecule has 0 unspecified atom stereocenters. The van der Waals surface area contributed by atoms with Crippen LogP contribution in [0, 0.1) is 22.7 Å². The molecule has 0 spiro atoms. The molecule has 0 aromatic heterocycles. The van der Waals surface area contributed by atoms with Gasteiger partial charge in [0.2, 0.25) is 17.7 Å². The number of nitriles is 1. The molecule has 9 nitrogen and oxygen atoms in total. The van der Waals surface area contributed by atoms with E-state index in [0.29, 0.717) is 12.8 Å². The van der Waals surface area contributed by atoms with Gasteiger partial charge in [-0.25, -0.2) is 10.0 Å². The van der Waals surface area contributed by atoms with Crippen LogP contribution < -0.4 is 21.3 Å². The van der Waals surface area contributed by atoms with E-state index in [1.54, 1.807) is 5.32 Å². The normalized spacial score (nSPS) is 20.9. The van der Waals surface area contributed by atoms with Crippen molar-refractivity contribution < 1.29 is 32.3 Å². The zero-order valence-corrected chi connectivity index (χ0v) is 23.6. The van der Waals surface area contributed by atoms with Crippen LogP contribution in [-0.4, -0.2) is 78.0 Å². The molecule has 4 atom stereocenters. The van der Waals surface area contributed by atoms with Gasteiger partial charge in [-0.05, 0) is 57.3 Å². The summed E-state index contributed by atoms with van der Waals surface area (Å²) in [7, 11) is -1.40. The molecule has 0 aliphatic carbocycles. The Morgan fingerprint density at radius 2 is 1.68 bits per heavy atom. The van der Waals surface area contributed by atoms with E-state index in [2.05, 4.69) is 16.0 Å². The molecule has 1 rings (SSSR count). The van der Waals surface area contributed by atoms with Gasteiger partial charge in [0.1, 0.15) is 18.1 Å². The molecule has 4 amide bonds. The van der Waals surface area contributed by atoms with Crippen molar-refractivity contribution >= 4 is 33.7 Å². The fourth-order valence-electron chi connectivity index (χ4n) is 3.92. The maximum absolute atomic E-state index is 13.2. The number of piperidine rings is 1. The van der Waals surface area contributed by atoms with Crippen molar-refractivity contribution in [3.8, 4) is 6.07 Å². The van der Waals surface area contributed by atoms with E-state index in [1.807, 2.05) is 38.7 Å².